The van der Waals surface area contributed by atoms with Gasteiger partial charge in [0, 0.05) is 18.4 Å². The SMILES string of the molecule is CCCCC/C(O)=C/C(=O)C1CCCCC1.[O]=[V]. The molecule has 0 aliphatic heterocycles. The van der Waals surface area contributed by atoms with Crippen molar-refractivity contribution >= 4 is 5.78 Å². The summed E-state index contributed by atoms with van der Waals surface area (Å²) in [6.07, 6.45) is 11.0. The summed E-state index contributed by atoms with van der Waals surface area (Å²) in [4.78, 5) is 11.8. The fourth-order valence-corrected chi connectivity index (χ4v) is 2.30. The molecule has 0 radical (unpaired) electrons. The average Bonchev–Trinajstić information content (AvgIpc) is 2.42. The zero-order chi connectivity index (χ0) is 13.8. The molecule has 0 heterocycles. The van der Waals surface area contributed by atoms with Crippen molar-refractivity contribution in [2.75, 3.05) is 0 Å². The van der Waals surface area contributed by atoms with Crippen molar-refractivity contribution in [3.05, 3.63) is 11.8 Å². The van der Waals surface area contributed by atoms with Gasteiger partial charge in [0.1, 0.15) is 0 Å². The molecule has 4 heteroatoms. The van der Waals surface area contributed by atoms with Gasteiger partial charge in [0.25, 0.3) is 0 Å². The minimum atomic E-state index is 0.147. The van der Waals surface area contributed by atoms with Gasteiger partial charge in [-0.15, -0.1) is 0 Å². The summed E-state index contributed by atoms with van der Waals surface area (Å²) in [6.45, 7) is 2.13. The number of aliphatic hydroxyl groups is 1. The minimum absolute atomic E-state index is 0.147. The fourth-order valence-electron chi connectivity index (χ4n) is 2.30. The first-order chi connectivity index (χ1) is 8.74. The molecule has 103 valence electrons. The number of rotatable bonds is 6. The average molecular weight is 291 g/mol. The Balaban J connectivity index is 0.00000137. The van der Waals surface area contributed by atoms with Crippen molar-refractivity contribution in [2.24, 2.45) is 5.92 Å². The van der Waals surface area contributed by atoms with Crippen LogP contribution in [0.3, 0.4) is 0 Å². The van der Waals surface area contributed by atoms with Crippen LogP contribution in [0.1, 0.15) is 64.7 Å². The normalized spacial score (nSPS) is 16.8. The third kappa shape index (κ3) is 7.83. The Morgan fingerprint density at radius 3 is 2.39 bits per heavy atom. The maximum absolute atomic E-state index is 11.8. The Kier molecular flexibility index (Phi) is 11.4. The first-order valence-electron chi connectivity index (χ1n) is 6.85. The zero-order valence-corrected chi connectivity index (χ0v) is 12.6. The van der Waals surface area contributed by atoms with Crippen LogP contribution in [0.2, 0.25) is 0 Å². The predicted octanol–water partition coefficient (Wildman–Crippen LogP) is 4.04. The molecule has 0 aromatic rings. The molecule has 1 aliphatic carbocycles. The Hall–Kier alpha value is -0.406. The van der Waals surface area contributed by atoms with Crippen LogP contribution in [-0.4, -0.2) is 10.9 Å². The summed E-state index contributed by atoms with van der Waals surface area (Å²) in [6, 6.07) is 0. The Bertz CT molecular complexity index is 258. The number of hydrogen-bond acceptors (Lipinski definition) is 3. The first-order valence-corrected chi connectivity index (χ1v) is 7.42. The number of carbonyl (C=O) groups excluding carboxylic acids is 1. The van der Waals surface area contributed by atoms with Crippen molar-refractivity contribution in [3.8, 4) is 0 Å². The van der Waals surface area contributed by atoms with Crippen molar-refractivity contribution in [2.45, 2.75) is 64.7 Å². The molecule has 0 aromatic heterocycles. The second-order valence-corrected chi connectivity index (χ2v) is 4.83. The van der Waals surface area contributed by atoms with E-state index in [-0.39, 0.29) is 17.5 Å². The van der Waals surface area contributed by atoms with Gasteiger partial charge < -0.3 is 5.11 Å². The van der Waals surface area contributed by atoms with E-state index in [1.807, 2.05) is 0 Å². The molecule has 1 fully saturated rings. The molecule has 3 nitrogen and oxygen atoms in total. The molecule has 0 aromatic carbocycles. The van der Waals surface area contributed by atoms with Crippen LogP contribution < -0.4 is 0 Å². The quantitative estimate of drug-likeness (QED) is 0.456. The van der Waals surface area contributed by atoms with E-state index in [0.717, 1.165) is 49.5 Å². The second kappa shape index (κ2) is 11.7. The Labute approximate surface area is 119 Å². The number of hydrogen-bond donors (Lipinski definition) is 1. The molecular formula is C14H24O3V. The van der Waals surface area contributed by atoms with Crippen LogP contribution in [-0.2, 0) is 25.8 Å². The van der Waals surface area contributed by atoms with Crippen molar-refractivity contribution in [3.63, 3.8) is 0 Å². The summed E-state index contributed by atoms with van der Waals surface area (Å²) in [5.41, 5.74) is 0. The van der Waals surface area contributed by atoms with Crippen molar-refractivity contribution in [1.29, 1.82) is 0 Å². The van der Waals surface area contributed by atoms with E-state index in [4.69, 9.17) is 3.67 Å². The monoisotopic (exact) mass is 291 g/mol. The van der Waals surface area contributed by atoms with Gasteiger partial charge in [-0.1, -0.05) is 39.0 Å². The van der Waals surface area contributed by atoms with E-state index in [2.05, 4.69) is 6.92 Å². The molecule has 0 amide bonds. The number of aliphatic hydroxyl groups excluding tert-OH is 1. The molecule has 0 saturated heterocycles. The number of unbranched alkanes of at least 4 members (excludes halogenated alkanes) is 2. The van der Waals surface area contributed by atoms with Crippen LogP contribution in [0, 0.1) is 5.92 Å². The molecule has 0 spiro atoms. The van der Waals surface area contributed by atoms with Gasteiger partial charge in [0.05, 0.1) is 5.76 Å². The van der Waals surface area contributed by atoms with Crippen LogP contribution >= 0.6 is 0 Å². The topological polar surface area (TPSA) is 54.4 Å². The summed E-state index contributed by atoms with van der Waals surface area (Å²) < 4.78 is 8.19. The van der Waals surface area contributed by atoms with Gasteiger partial charge in [-0.05, 0) is 19.3 Å². The first kappa shape index (κ1) is 17.6. The Morgan fingerprint density at radius 2 is 1.83 bits per heavy atom. The van der Waals surface area contributed by atoms with Crippen LogP contribution in [0.25, 0.3) is 0 Å². The van der Waals surface area contributed by atoms with Gasteiger partial charge in [-0.3, -0.25) is 4.79 Å². The standard InChI is InChI=1S/C14H24O2.O.V/c1-2-3-5-10-13(15)11-14(16)12-8-6-4-7-9-12;;/h11-12,15H,2-10H2,1H3;;/b13-11-;;. The van der Waals surface area contributed by atoms with E-state index in [0.29, 0.717) is 6.42 Å². The van der Waals surface area contributed by atoms with E-state index < -0.39 is 0 Å². The van der Waals surface area contributed by atoms with E-state index in [1.165, 1.54) is 25.3 Å². The third-order valence-corrected chi connectivity index (χ3v) is 3.35. The predicted molar refractivity (Wildman–Crippen MR) is 67.1 cm³/mol. The molecule has 0 bridgehead atoms. The number of carbonyl (C=O) groups is 1. The summed E-state index contributed by atoms with van der Waals surface area (Å²) in [5.74, 6) is 0.611. The Morgan fingerprint density at radius 1 is 1.22 bits per heavy atom. The van der Waals surface area contributed by atoms with E-state index in [1.54, 1.807) is 0 Å². The van der Waals surface area contributed by atoms with Crippen LogP contribution in [0.15, 0.2) is 11.8 Å². The molecule has 1 N–H and O–H groups in total. The van der Waals surface area contributed by atoms with E-state index in [9.17, 15) is 9.90 Å². The fraction of sp³-hybridized carbons (Fsp3) is 0.786. The van der Waals surface area contributed by atoms with Gasteiger partial charge in [-0.25, -0.2) is 0 Å². The summed E-state index contributed by atoms with van der Waals surface area (Å²) in [5, 5.41) is 9.62. The van der Waals surface area contributed by atoms with Gasteiger partial charge in [0.15, 0.2) is 5.78 Å². The van der Waals surface area contributed by atoms with E-state index >= 15 is 0 Å². The van der Waals surface area contributed by atoms with Crippen molar-refractivity contribution in [1.82, 2.24) is 0 Å². The summed E-state index contributed by atoms with van der Waals surface area (Å²) >= 11 is 1.06. The van der Waals surface area contributed by atoms with Gasteiger partial charge in [0.2, 0.25) is 0 Å². The molecule has 1 aliphatic rings. The molecule has 0 atom stereocenters. The second-order valence-electron chi connectivity index (χ2n) is 4.83. The molecular weight excluding hydrogens is 267 g/mol. The zero-order valence-electron chi connectivity index (χ0n) is 11.2. The van der Waals surface area contributed by atoms with Crippen LogP contribution in [0.5, 0.6) is 0 Å². The number of ketones is 1. The molecule has 1 saturated carbocycles. The van der Waals surface area contributed by atoms with Gasteiger partial charge >= 0.3 is 21.0 Å². The molecule has 1 rings (SSSR count). The van der Waals surface area contributed by atoms with Gasteiger partial charge in [-0.2, -0.15) is 0 Å². The number of allylic oxidation sites excluding steroid dienone is 2. The molecule has 0 unspecified atom stereocenters. The maximum atomic E-state index is 11.8. The van der Waals surface area contributed by atoms with Crippen molar-refractivity contribution < 1.29 is 30.9 Å². The molecule has 18 heavy (non-hydrogen) atoms. The van der Waals surface area contributed by atoms with Crippen LogP contribution in [0.4, 0.5) is 0 Å². The summed E-state index contributed by atoms with van der Waals surface area (Å²) in [7, 11) is 0. The third-order valence-electron chi connectivity index (χ3n) is 3.35.